The van der Waals surface area contributed by atoms with Crippen molar-refractivity contribution < 1.29 is 19.4 Å². The Hall–Kier alpha value is -2.00. The lowest BCUT2D eigenvalue weighted by Gasteiger charge is -2.39. The van der Waals surface area contributed by atoms with Gasteiger partial charge in [-0.1, -0.05) is 6.92 Å². The predicted molar refractivity (Wildman–Crippen MR) is 102 cm³/mol. The summed E-state index contributed by atoms with van der Waals surface area (Å²) in [5, 5.41) is 23.0. The maximum atomic E-state index is 12.9. The number of H-pyrrole nitrogens is 1. The van der Waals surface area contributed by atoms with Crippen LogP contribution in [0.4, 0.5) is 0 Å². The SMILES string of the molecule is CCCO[C@H]1C[C@@H](C(=O)N2CCC(O)CC2)CC[C@@H]1NC(=O)c1n[nH]nc1C. The molecule has 0 bridgehead atoms. The number of nitrogens with zero attached hydrogens (tertiary/aromatic N) is 3. The minimum Gasteiger partial charge on any atom is -0.393 e. The number of hydrogen-bond acceptors (Lipinski definition) is 6. The van der Waals surface area contributed by atoms with Gasteiger partial charge in [0.05, 0.1) is 23.9 Å². The summed E-state index contributed by atoms with van der Waals surface area (Å²) in [5.74, 6) is -0.218. The Morgan fingerprint density at radius 3 is 2.64 bits per heavy atom. The second kappa shape index (κ2) is 9.47. The Kier molecular flexibility index (Phi) is 7.01. The zero-order chi connectivity index (χ0) is 20.1. The smallest absolute Gasteiger partial charge is 0.274 e. The molecular formula is C19H31N5O4. The summed E-state index contributed by atoms with van der Waals surface area (Å²) in [6.45, 7) is 5.59. The number of amides is 2. The van der Waals surface area contributed by atoms with E-state index in [0.29, 0.717) is 63.2 Å². The van der Waals surface area contributed by atoms with Crippen molar-refractivity contribution in [1.29, 1.82) is 0 Å². The van der Waals surface area contributed by atoms with Gasteiger partial charge in [0.15, 0.2) is 5.69 Å². The van der Waals surface area contributed by atoms with Crippen LogP contribution in [0, 0.1) is 12.8 Å². The predicted octanol–water partition coefficient (Wildman–Crippen LogP) is 0.790. The fourth-order valence-corrected chi connectivity index (χ4v) is 4.05. The first kappa shape index (κ1) is 20.7. The normalized spacial score (nSPS) is 26.2. The number of aliphatic hydroxyl groups is 1. The van der Waals surface area contributed by atoms with Gasteiger partial charge in [0, 0.05) is 25.6 Å². The van der Waals surface area contributed by atoms with Gasteiger partial charge in [0.25, 0.3) is 5.91 Å². The first-order valence-corrected chi connectivity index (χ1v) is 10.3. The van der Waals surface area contributed by atoms with E-state index in [-0.39, 0.29) is 36.0 Å². The van der Waals surface area contributed by atoms with E-state index in [1.165, 1.54) is 0 Å². The molecule has 3 N–H and O–H groups in total. The number of likely N-dealkylation sites (tertiary alicyclic amines) is 1. The molecule has 1 saturated heterocycles. The highest BCUT2D eigenvalue weighted by Crippen LogP contribution is 2.30. The monoisotopic (exact) mass is 393 g/mol. The molecule has 1 aliphatic carbocycles. The van der Waals surface area contributed by atoms with Crippen LogP contribution in [-0.2, 0) is 9.53 Å². The highest BCUT2D eigenvalue weighted by atomic mass is 16.5. The van der Waals surface area contributed by atoms with Crippen LogP contribution in [0.2, 0.25) is 0 Å². The van der Waals surface area contributed by atoms with Crippen LogP contribution in [0.3, 0.4) is 0 Å². The summed E-state index contributed by atoms with van der Waals surface area (Å²) in [6, 6.07) is -0.151. The molecule has 1 saturated carbocycles. The number of piperidine rings is 1. The highest BCUT2D eigenvalue weighted by Gasteiger charge is 2.38. The quantitative estimate of drug-likeness (QED) is 0.657. The summed E-state index contributed by atoms with van der Waals surface area (Å²) in [6.07, 6.45) is 3.66. The minimum atomic E-state index is -0.296. The average Bonchev–Trinajstić information content (AvgIpc) is 3.13. The van der Waals surface area contributed by atoms with Crippen LogP contribution in [0.25, 0.3) is 0 Å². The Bertz CT molecular complexity index is 671. The average molecular weight is 393 g/mol. The van der Waals surface area contributed by atoms with Crippen LogP contribution in [0.1, 0.15) is 61.6 Å². The number of rotatable bonds is 6. The largest absolute Gasteiger partial charge is 0.393 e. The molecule has 9 nitrogen and oxygen atoms in total. The molecule has 1 aromatic rings. The van der Waals surface area contributed by atoms with Gasteiger partial charge in [0.1, 0.15) is 0 Å². The van der Waals surface area contributed by atoms with Gasteiger partial charge in [-0.25, -0.2) is 0 Å². The number of nitrogens with one attached hydrogen (secondary N) is 2. The number of aromatic nitrogens is 3. The third kappa shape index (κ3) is 4.88. The van der Waals surface area contributed by atoms with Gasteiger partial charge in [0.2, 0.25) is 5.91 Å². The van der Waals surface area contributed by atoms with Crippen molar-refractivity contribution in [3.8, 4) is 0 Å². The molecule has 3 rings (SSSR count). The molecule has 0 aromatic carbocycles. The molecule has 156 valence electrons. The van der Waals surface area contributed by atoms with Crippen LogP contribution in [0.5, 0.6) is 0 Å². The van der Waals surface area contributed by atoms with Crippen molar-refractivity contribution in [1.82, 2.24) is 25.6 Å². The topological polar surface area (TPSA) is 120 Å². The van der Waals surface area contributed by atoms with Crippen molar-refractivity contribution >= 4 is 11.8 Å². The number of aromatic amines is 1. The van der Waals surface area contributed by atoms with E-state index < -0.39 is 0 Å². The molecule has 3 atom stereocenters. The van der Waals surface area contributed by atoms with E-state index in [1.807, 2.05) is 11.8 Å². The third-order valence-corrected chi connectivity index (χ3v) is 5.71. The second-order valence-corrected chi connectivity index (χ2v) is 7.81. The second-order valence-electron chi connectivity index (χ2n) is 7.81. The van der Waals surface area contributed by atoms with Crippen LogP contribution in [-0.4, -0.2) is 75.2 Å². The van der Waals surface area contributed by atoms with Gasteiger partial charge >= 0.3 is 0 Å². The van der Waals surface area contributed by atoms with Crippen LogP contribution in [0.15, 0.2) is 0 Å². The standard InChI is InChI=1S/C19H31N5O4/c1-3-10-28-16-11-13(19(27)24-8-6-14(25)7-9-24)4-5-15(16)20-18(26)17-12(2)21-23-22-17/h13-16,25H,3-11H2,1-2H3,(H,20,26)(H,21,22,23)/t13-,15-,16-/m0/s1. The molecule has 28 heavy (non-hydrogen) atoms. The molecule has 1 aliphatic heterocycles. The summed E-state index contributed by atoms with van der Waals surface area (Å²) >= 11 is 0. The van der Waals surface area contributed by atoms with Crippen molar-refractivity contribution in [2.24, 2.45) is 5.92 Å². The molecule has 2 heterocycles. The minimum absolute atomic E-state index is 0.0981. The molecule has 1 aromatic heterocycles. The van der Waals surface area contributed by atoms with E-state index >= 15 is 0 Å². The summed E-state index contributed by atoms with van der Waals surface area (Å²) in [7, 11) is 0. The number of hydrogen-bond donors (Lipinski definition) is 3. The van der Waals surface area contributed by atoms with Gasteiger partial charge in [-0.2, -0.15) is 15.4 Å². The van der Waals surface area contributed by atoms with Gasteiger partial charge in [-0.15, -0.1) is 0 Å². The van der Waals surface area contributed by atoms with E-state index in [2.05, 4.69) is 20.7 Å². The molecule has 2 fully saturated rings. The van der Waals surface area contributed by atoms with Crippen LogP contribution < -0.4 is 5.32 Å². The molecule has 2 aliphatic rings. The third-order valence-electron chi connectivity index (χ3n) is 5.71. The fraction of sp³-hybridized carbons (Fsp3) is 0.789. The zero-order valence-electron chi connectivity index (χ0n) is 16.7. The first-order valence-electron chi connectivity index (χ1n) is 10.3. The molecule has 0 unspecified atom stereocenters. The fourth-order valence-electron chi connectivity index (χ4n) is 4.05. The Morgan fingerprint density at radius 1 is 1.25 bits per heavy atom. The summed E-state index contributed by atoms with van der Waals surface area (Å²) in [4.78, 5) is 27.3. The summed E-state index contributed by atoms with van der Waals surface area (Å²) < 4.78 is 6.01. The van der Waals surface area contributed by atoms with Crippen molar-refractivity contribution in [3.63, 3.8) is 0 Å². The maximum Gasteiger partial charge on any atom is 0.274 e. The lowest BCUT2D eigenvalue weighted by atomic mass is 9.82. The number of ether oxygens (including phenoxy) is 1. The molecule has 9 heteroatoms. The van der Waals surface area contributed by atoms with Gasteiger partial charge < -0.3 is 20.1 Å². The van der Waals surface area contributed by atoms with E-state index in [9.17, 15) is 14.7 Å². The van der Waals surface area contributed by atoms with Crippen LogP contribution >= 0.6 is 0 Å². The van der Waals surface area contributed by atoms with E-state index in [4.69, 9.17) is 4.74 Å². The molecule has 0 spiro atoms. The summed E-state index contributed by atoms with van der Waals surface area (Å²) in [5.41, 5.74) is 0.846. The van der Waals surface area contributed by atoms with Crippen molar-refractivity contribution in [2.75, 3.05) is 19.7 Å². The number of aryl methyl sites for hydroxylation is 1. The molecule has 2 amide bonds. The van der Waals surface area contributed by atoms with E-state index in [0.717, 1.165) is 6.42 Å². The van der Waals surface area contributed by atoms with Gasteiger partial charge in [-0.3, -0.25) is 9.59 Å². The first-order chi connectivity index (χ1) is 13.5. The lowest BCUT2D eigenvalue weighted by Crippen LogP contribution is -2.51. The Balaban J connectivity index is 1.61. The number of carbonyl (C=O) groups is 2. The molecular weight excluding hydrogens is 362 g/mol. The van der Waals surface area contributed by atoms with E-state index in [1.54, 1.807) is 6.92 Å². The maximum absolute atomic E-state index is 12.9. The van der Waals surface area contributed by atoms with Gasteiger partial charge in [-0.05, 0) is 45.4 Å². The lowest BCUT2D eigenvalue weighted by molar-refractivity contribution is -0.141. The van der Waals surface area contributed by atoms with Crippen molar-refractivity contribution in [2.45, 2.75) is 70.6 Å². The highest BCUT2D eigenvalue weighted by molar-refractivity contribution is 5.93. The number of carbonyl (C=O) groups excluding carboxylic acids is 2. The molecule has 0 radical (unpaired) electrons. The Labute approximate surface area is 165 Å². The van der Waals surface area contributed by atoms with Crippen molar-refractivity contribution in [3.05, 3.63) is 11.4 Å². The zero-order valence-corrected chi connectivity index (χ0v) is 16.7. The number of aliphatic hydroxyl groups excluding tert-OH is 1. The Morgan fingerprint density at radius 2 is 2.00 bits per heavy atom.